The molecule has 1 fully saturated rings. The van der Waals surface area contributed by atoms with Gasteiger partial charge < -0.3 is 14.4 Å². The highest BCUT2D eigenvalue weighted by Gasteiger charge is 2.23. The Labute approximate surface area is 161 Å². The standard InChI is InChI=1S/C21H30N4O2/c1-5-6-20(26)23-9-11-24(12-10-23)21(27)14-17-7-8-19-18(13-17)22-16(4)25(19)15(2)3/h7-8,13,15H,5-6,9-12,14H2,1-4H3. The lowest BCUT2D eigenvalue weighted by molar-refractivity contribution is -0.139. The van der Waals surface area contributed by atoms with Crippen molar-refractivity contribution >= 4 is 22.8 Å². The molecule has 1 aliphatic rings. The van der Waals surface area contributed by atoms with Crippen molar-refractivity contribution in [1.29, 1.82) is 0 Å². The van der Waals surface area contributed by atoms with Crippen LogP contribution >= 0.6 is 0 Å². The second-order valence-corrected chi connectivity index (χ2v) is 7.63. The number of piperazine rings is 1. The minimum absolute atomic E-state index is 0.122. The summed E-state index contributed by atoms with van der Waals surface area (Å²) in [5, 5.41) is 0. The number of carbonyl (C=O) groups excluding carboxylic acids is 2. The summed E-state index contributed by atoms with van der Waals surface area (Å²) in [5.74, 6) is 1.32. The van der Waals surface area contributed by atoms with Crippen LogP contribution in [-0.2, 0) is 16.0 Å². The van der Waals surface area contributed by atoms with Gasteiger partial charge in [-0.3, -0.25) is 9.59 Å². The first-order valence-electron chi connectivity index (χ1n) is 9.93. The van der Waals surface area contributed by atoms with E-state index in [-0.39, 0.29) is 11.8 Å². The van der Waals surface area contributed by atoms with E-state index in [1.165, 1.54) is 0 Å². The van der Waals surface area contributed by atoms with Gasteiger partial charge in [0.15, 0.2) is 0 Å². The highest BCUT2D eigenvalue weighted by atomic mass is 16.2. The first-order valence-corrected chi connectivity index (χ1v) is 9.93. The molecule has 2 aromatic rings. The normalized spacial score (nSPS) is 15.0. The van der Waals surface area contributed by atoms with E-state index >= 15 is 0 Å². The molecule has 0 N–H and O–H groups in total. The highest BCUT2D eigenvalue weighted by molar-refractivity contribution is 5.83. The lowest BCUT2D eigenvalue weighted by Gasteiger charge is -2.35. The molecule has 146 valence electrons. The first kappa shape index (κ1) is 19.4. The second-order valence-electron chi connectivity index (χ2n) is 7.63. The van der Waals surface area contributed by atoms with Crippen molar-refractivity contribution in [3.63, 3.8) is 0 Å². The minimum Gasteiger partial charge on any atom is -0.339 e. The summed E-state index contributed by atoms with van der Waals surface area (Å²) in [6.07, 6.45) is 1.84. The summed E-state index contributed by atoms with van der Waals surface area (Å²) in [5.41, 5.74) is 3.05. The molecule has 6 nitrogen and oxygen atoms in total. The molecule has 0 saturated carbocycles. The molecule has 6 heteroatoms. The zero-order valence-corrected chi connectivity index (χ0v) is 16.9. The third kappa shape index (κ3) is 4.15. The van der Waals surface area contributed by atoms with Crippen LogP contribution in [0.5, 0.6) is 0 Å². The molecule has 3 rings (SSSR count). The number of fused-ring (bicyclic) bond motifs is 1. The van der Waals surface area contributed by atoms with Crippen molar-refractivity contribution in [2.45, 2.75) is 53.0 Å². The van der Waals surface area contributed by atoms with Gasteiger partial charge in [0, 0.05) is 38.6 Å². The number of hydrogen-bond acceptors (Lipinski definition) is 3. The second kappa shape index (κ2) is 8.11. The van der Waals surface area contributed by atoms with Crippen molar-refractivity contribution in [2.24, 2.45) is 0 Å². The molecule has 2 heterocycles. The van der Waals surface area contributed by atoms with Gasteiger partial charge in [-0.15, -0.1) is 0 Å². The van der Waals surface area contributed by atoms with E-state index in [0.29, 0.717) is 45.1 Å². The molecule has 0 spiro atoms. The Morgan fingerprint density at radius 2 is 1.70 bits per heavy atom. The zero-order valence-electron chi connectivity index (χ0n) is 16.9. The number of aryl methyl sites for hydroxylation is 1. The van der Waals surface area contributed by atoms with Gasteiger partial charge in [-0.25, -0.2) is 4.98 Å². The fourth-order valence-corrected chi connectivity index (χ4v) is 3.89. The molecule has 0 atom stereocenters. The first-order chi connectivity index (χ1) is 12.9. The highest BCUT2D eigenvalue weighted by Crippen LogP contribution is 2.22. The maximum atomic E-state index is 12.7. The largest absolute Gasteiger partial charge is 0.339 e. The summed E-state index contributed by atoms with van der Waals surface area (Å²) in [7, 11) is 0. The maximum Gasteiger partial charge on any atom is 0.227 e. The van der Waals surface area contributed by atoms with Crippen LogP contribution in [0.3, 0.4) is 0 Å². The van der Waals surface area contributed by atoms with Crippen molar-refractivity contribution < 1.29 is 9.59 Å². The van der Waals surface area contributed by atoms with Crippen LogP contribution in [0.1, 0.15) is 51.0 Å². The monoisotopic (exact) mass is 370 g/mol. The van der Waals surface area contributed by atoms with E-state index in [9.17, 15) is 9.59 Å². The number of carbonyl (C=O) groups is 2. The Hall–Kier alpha value is -2.37. The lowest BCUT2D eigenvalue weighted by atomic mass is 10.1. The van der Waals surface area contributed by atoms with Crippen LogP contribution in [0.25, 0.3) is 11.0 Å². The minimum atomic E-state index is 0.122. The molecule has 0 unspecified atom stereocenters. The molecule has 2 amide bonds. The van der Waals surface area contributed by atoms with Gasteiger partial charge in [0.05, 0.1) is 17.5 Å². The van der Waals surface area contributed by atoms with Crippen molar-refractivity contribution in [1.82, 2.24) is 19.4 Å². The number of rotatable bonds is 5. The number of hydrogen-bond donors (Lipinski definition) is 0. The molecular weight excluding hydrogens is 340 g/mol. The van der Waals surface area contributed by atoms with Gasteiger partial charge in [0.2, 0.25) is 11.8 Å². The molecule has 1 aromatic carbocycles. The maximum absolute atomic E-state index is 12.7. The molecule has 1 saturated heterocycles. The van der Waals surface area contributed by atoms with Gasteiger partial charge in [0.25, 0.3) is 0 Å². The molecule has 0 radical (unpaired) electrons. The quantitative estimate of drug-likeness (QED) is 0.813. The van der Waals surface area contributed by atoms with Crippen LogP contribution < -0.4 is 0 Å². The molecular formula is C21H30N4O2. The van der Waals surface area contributed by atoms with Crippen LogP contribution in [0, 0.1) is 6.92 Å². The number of aromatic nitrogens is 2. The summed E-state index contributed by atoms with van der Waals surface area (Å²) < 4.78 is 2.22. The molecule has 1 aromatic heterocycles. The SMILES string of the molecule is CCCC(=O)N1CCN(C(=O)Cc2ccc3c(c2)nc(C)n3C(C)C)CC1. The third-order valence-electron chi connectivity index (χ3n) is 5.25. The third-order valence-corrected chi connectivity index (χ3v) is 5.25. The number of benzene rings is 1. The van der Waals surface area contributed by atoms with Gasteiger partial charge in [-0.2, -0.15) is 0 Å². The smallest absolute Gasteiger partial charge is 0.227 e. The van der Waals surface area contributed by atoms with E-state index in [4.69, 9.17) is 0 Å². The summed E-state index contributed by atoms with van der Waals surface area (Å²) in [6, 6.07) is 6.48. The fraction of sp³-hybridized carbons (Fsp3) is 0.571. The summed E-state index contributed by atoms with van der Waals surface area (Å²) in [6.45, 7) is 10.9. The molecule has 27 heavy (non-hydrogen) atoms. The average molecular weight is 370 g/mol. The summed E-state index contributed by atoms with van der Waals surface area (Å²) in [4.78, 5) is 33.1. The molecule has 0 bridgehead atoms. The van der Waals surface area contributed by atoms with Crippen LogP contribution in [-0.4, -0.2) is 57.3 Å². The topological polar surface area (TPSA) is 58.4 Å². The Morgan fingerprint density at radius 3 is 2.30 bits per heavy atom. The van der Waals surface area contributed by atoms with Gasteiger partial charge in [-0.05, 0) is 44.9 Å². The Kier molecular flexibility index (Phi) is 5.82. The predicted octanol–water partition coefficient (Wildman–Crippen LogP) is 2.94. The molecule has 1 aliphatic heterocycles. The Bertz CT molecular complexity index is 832. The van der Waals surface area contributed by atoms with E-state index in [0.717, 1.165) is 28.8 Å². The lowest BCUT2D eigenvalue weighted by Crippen LogP contribution is -2.50. The van der Waals surface area contributed by atoms with E-state index in [2.05, 4.69) is 29.5 Å². The number of amides is 2. The van der Waals surface area contributed by atoms with E-state index < -0.39 is 0 Å². The van der Waals surface area contributed by atoms with Crippen molar-refractivity contribution in [3.8, 4) is 0 Å². The van der Waals surface area contributed by atoms with Crippen LogP contribution in [0.15, 0.2) is 18.2 Å². The van der Waals surface area contributed by atoms with E-state index in [1.54, 1.807) is 0 Å². The van der Waals surface area contributed by atoms with Crippen molar-refractivity contribution in [2.75, 3.05) is 26.2 Å². The number of imidazole rings is 1. The number of nitrogens with zero attached hydrogens (tertiary/aromatic N) is 4. The van der Waals surface area contributed by atoms with Gasteiger partial charge in [-0.1, -0.05) is 13.0 Å². The summed E-state index contributed by atoms with van der Waals surface area (Å²) >= 11 is 0. The fourth-order valence-electron chi connectivity index (χ4n) is 3.89. The molecule has 0 aliphatic carbocycles. The van der Waals surface area contributed by atoms with Crippen molar-refractivity contribution in [3.05, 3.63) is 29.6 Å². The Balaban J connectivity index is 1.64. The predicted molar refractivity (Wildman–Crippen MR) is 107 cm³/mol. The van der Waals surface area contributed by atoms with Crippen LogP contribution in [0.4, 0.5) is 0 Å². The van der Waals surface area contributed by atoms with Gasteiger partial charge in [0.1, 0.15) is 5.82 Å². The average Bonchev–Trinajstić information content (AvgIpc) is 2.97. The van der Waals surface area contributed by atoms with Crippen LogP contribution in [0.2, 0.25) is 0 Å². The zero-order chi connectivity index (χ0) is 19.6. The van der Waals surface area contributed by atoms with E-state index in [1.807, 2.05) is 35.8 Å². The van der Waals surface area contributed by atoms with Gasteiger partial charge >= 0.3 is 0 Å². The Morgan fingerprint density at radius 1 is 1.07 bits per heavy atom.